The quantitative estimate of drug-likeness (QED) is 0.360. The Morgan fingerprint density at radius 3 is 1.26 bits per heavy atom. The van der Waals surface area contributed by atoms with E-state index in [1.807, 2.05) is 34.6 Å². The topological polar surface area (TPSA) is 142 Å². The van der Waals surface area contributed by atoms with Gasteiger partial charge in [0.15, 0.2) is 0 Å². The van der Waals surface area contributed by atoms with E-state index >= 15 is 0 Å². The second-order valence-corrected chi connectivity index (χ2v) is 7.22. The molecule has 0 aromatic heterocycles. The number of likely N-dealkylation sites (N-methyl/N-ethyl adjacent to an activating group) is 1. The molecule has 1 aliphatic carbocycles. The molecule has 0 unspecified atom stereocenters. The lowest BCUT2D eigenvalue weighted by Gasteiger charge is -2.15. The van der Waals surface area contributed by atoms with Gasteiger partial charge in [0.05, 0.1) is 19.6 Å². The van der Waals surface area contributed by atoms with Crippen LogP contribution in [0.5, 0.6) is 0 Å². The highest BCUT2D eigenvalue weighted by Gasteiger charge is 2.07. The van der Waals surface area contributed by atoms with Gasteiger partial charge in [-0.25, -0.2) is 0 Å². The van der Waals surface area contributed by atoms with Gasteiger partial charge in [-0.3, -0.25) is 19.2 Å². The number of amides is 4. The lowest BCUT2D eigenvalue weighted by Crippen LogP contribution is -2.43. The van der Waals surface area contributed by atoms with Gasteiger partial charge < -0.3 is 27.0 Å². The first-order valence-electron chi connectivity index (χ1n) is 13.4. The van der Waals surface area contributed by atoms with Crippen molar-refractivity contribution in [3.05, 3.63) is 0 Å². The minimum absolute atomic E-state index is 0.141. The Bertz CT molecular complexity index is 435. The summed E-state index contributed by atoms with van der Waals surface area (Å²) in [4.78, 5) is 44.0. The van der Waals surface area contributed by atoms with Crippen molar-refractivity contribution < 1.29 is 19.2 Å². The molecular weight excluding hydrogens is 446 g/mol. The minimum atomic E-state index is -0.478. The molecule has 0 aliphatic heterocycles. The predicted octanol–water partition coefficient (Wildman–Crippen LogP) is 3.51. The number of hydrogen-bond acceptors (Lipinski definition) is 5. The van der Waals surface area contributed by atoms with Crippen LogP contribution < -0.4 is 27.0 Å². The largest absolute Gasteiger partial charge is 0.358 e. The molecule has 1 saturated carbocycles. The molecule has 1 rings (SSSR count). The fraction of sp³-hybridized carbons (Fsp3) is 0.846. The van der Waals surface area contributed by atoms with E-state index in [0.29, 0.717) is 6.42 Å². The molecule has 0 bridgehead atoms. The maximum absolute atomic E-state index is 11.2. The number of nitrogens with two attached hydrogens (primary N) is 1. The van der Waals surface area contributed by atoms with Crippen LogP contribution in [0, 0.1) is 5.92 Å². The SMILES string of the molecule is CC.CC.CC1CCCCC1.CCC.CCC(=O)NCC(=O)NCC(=O)NCC(=O)NC.CCN. The number of carbonyl (C=O) groups is 4. The summed E-state index contributed by atoms with van der Waals surface area (Å²) in [6.07, 6.45) is 8.98. The van der Waals surface area contributed by atoms with Crippen LogP contribution in [0.1, 0.15) is 107 Å². The van der Waals surface area contributed by atoms with E-state index in [2.05, 4.69) is 42.0 Å². The zero-order valence-corrected chi connectivity index (χ0v) is 24.6. The summed E-state index contributed by atoms with van der Waals surface area (Å²) in [5, 5.41) is 9.32. The van der Waals surface area contributed by atoms with Crippen molar-refractivity contribution in [2.24, 2.45) is 11.7 Å². The van der Waals surface area contributed by atoms with Gasteiger partial charge in [-0.2, -0.15) is 0 Å². The normalized spacial score (nSPS) is 11.2. The lowest BCUT2D eigenvalue weighted by molar-refractivity contribution is -0.128. The third-order valence-electron chi connectivity index (χ3n) is 3.83. The van der Waals surface area contributed by atoms with E-state index in [0.717, 1.165) is 12.5 Å². The van der Waals surface area contributed by atoms with Gasteiger partial charge in [0, 0.05) is 13.5 Å². The summed E-state index contributed by atoms with van der Waals surface area (Å²) in [5.74, 6) is -0.478. The first-order chi connectivity index (χ1) is 16.7. The first-order valence-corrected chi connectivity index (χ1v) is 13.4. The van der Waals surface area contributed by atoms with Crippen LogP contribution in [0.3, 0.4) is 0 Å². The molecule has 0 aromatic rings. The number of carbonyl (C=O) groups excluding carboxylic acids is 4. The Kier molecular flexibility index (Phi) is 48.0. The molecule has 1 aliphatic rings. The van der Waals surface area contributed by atoms with E-state index in [9.17, 15) is 19.2 Å². The molecule has 0 aromatic carbocycles. The van der Waals surface area contributed by atoms with E-state index in [1.165, 1.54) is 45.6 Å². The summed E-state index contributed by atoms with van der Waals surface area (Å²) in [5.41, 5.74) is 4.85. The van der Waals surface area contributed by atoms with E-state index in [-0.39, 0.29) is 31.4 Å². The second-order valence-electron chi connectivity index (χ2n) is 7.22. The number of hydrogen-bond donors (Lipinski definition) is 5. The van der Waals surface area contributed by atoms with E-state index in [1.54, 1.807) is 6.92 Å². The molecule has 35 heavy (non-hydrogen) atoms. The Labute approximate surface area is 216 Å². The monoisotopic (exact) mass is 505 g/mol. The van der Waals surface area contributed by atoms with Gasteiger partial charge in [0.25, 0.3) is 0 Å². The Balaban J connectivity index is -0.000000144. The highest BCUT2D eigenvalue weighted by Crippen LogP contribution is 2.22. The molecule has 0 spiro atoms. The highest BCUT2D eigenvalue weighted by atomic mass is 16.2. The highest BCUT2D eigenvalue weighted by molar-refractivity contribution is 5.89. The van der Waals surface area contributed by atoms with Crippen molar-refractivity contribution in [2.75, 3.05) is 33.2 Å². The van der Waals surface area contributed by atoms with Crippen LogP contribution in [0.2, 0.25) is 0 Å². The molecule has 9 heteroatoms. The Morgan fingerprint density at radius 1 is 0.686 bits per heavy atom. The van der Waals surface area contributed by atoms with Gasteiger partial charge >= 0.3 is 0 Å². The summed E-state index contributed by atoms with van der Waals surface area (Å²) in [6.45, 7) is 18.4. The van der Waals surface area contributed by atoms with Crippen LogP contribution in [0.4, 0.5) is 0 Å². The average Bonchev–Trinajstić information content (AvgIpc) is 2.88. The lowest BCUT2D eigenvalue weighted by atomic mass is 9.91. The Morgan fingerprint density at radius 2 is 1.00 bits per heavy atom. The van der Waals surface area contributed by atoms with Crippen molar-refractivity contribution in [3.8, 4) is 0 Å². The standard InChI is InChI=1S/C10H18N4O4.C7H14.C3H8.C2H7N.2C2H6/c1-3-7(15)12-5-9(17)14-6-10(18)13-4-8(16)11-2;1-7-5-3-2-4-6-7;1-3-2;1-2-3;2*1-2/h3-6H2,1-2H3,(H,11,16)(H,12,15)(H,13,18)(H,14,17);7H,2-6H2,1H3;3H2,1-2H3;2-3H2,1H3;2*1-2H3. The van der Waals surface area contributed by atoms with Crippen LogP contribution in [-0.4, -0.2) is 56.9 Å². The zero-order valence-electron chi connectivity index (χ0n) is 24.6. The molecular formula is C26H59N5O4. The van der Waals surface area contributed by atoms with Gasteiger partial charge in [0.2, 0.25) is 23.6 Å². The molecule has 9 nitrogen and oxygen atoms in total. The van der Waals surface area contributed by atoms with Crippen LogP contribution >= 0.6 is 0 Å². The summed E-state index contributed by atoms with van der Waals surface area (Å²) in [7, 11) is 1.45. The molecule has 0 atom stereocenters. The van der Waals surface area contributed by atoms with Gasteiger partial charge in [-0.15, -0.1) is 0 Å². The third kappa shape index (κ3) is 45.9. The van der Waals surface area contributed by atoms with Crippen LogP contribution in [0.25, 0.3) is 0 Å². The van der Waals surface area contributed by atoms with E-state index in [4.69, 9.17) is 5.73 Å². The second kappa shape index (κ2) is 39.1. The maximum Gasteiger partial charge on any atom is 0.239 e. The molecule has 0 heterocycles. The molecule has 4 amide bonds. The average molecular weight is 506 g/mol. The van der Waals surface area contributed by atoms with Gasteiger partial charge in [0.1, 0.15) is 0 Å². The van der Waals surface area contributed by atoms with Crippen LogP contribution in [0.15, 0.2) is 0 Å². The zero-order chi connectivity index (χ0) is 28.5. The molecule has 0 saturated heterocycles. The fourth-order valence-electron chi connectivity index (χ4n) is 2.18. The molecule has 6 N–H and O–H groups in total. The van der Waals surface area contributed by atoms with Crippen LogP contribution in [-0.2, 0) is 19.2 Å². The van der Waals surface area contributed by atoms with E-state index < -0.39 is 11.8 Å². The van der Waals surface area contributed by atoms with Crippen molar-refractivity contribution in [1.29, 1.82) is 0 Å². The van der Waals surface area contributed by atoms with Crippen molar-refractivity contribution >= 4 is 23.6 Å². The van der Waals surface area contributed by atoms with Gasteiger partial charge in [-0.1, -0.05) is 101 Å². The summed E-state index contributed by atoms with van der Waals surface area (Å²) in [6, 6.07) is 0. The number of rotatable bonds is 7. The van der Waals surface area contributed by atoms with Gasteiger partial charge in [-0.05, 0) is 12.5 Å². The minimum Gasteiger partial charge on any atom is -0.358 e. The Hall–Kier alpha value is -2.16. The van der Waals surface area contributed by atoms with Crippen molar-refractivity contribution in [1.82, 2.24) is 21.3 Å². The maximum atomic E-state index is 11.2. The van der Waals surface area contributed by atoms with Crippen molar-refractivity contribution in [2.45, 2.75) is 107 Å². The summed E-state index contributed by atoms with van der Waals surface area (Å²) >= 11 is 0. The smallest absolute Gasteiger partial charge is 0.239 e. The first kappa shape index (κ1) is 43.0. The molecule has 0 radical (unpaired) electrons. The van der Waals surface area contributed by atoms with Crippen molar-refractivity contribution in [3.63, 3.8) is 0 Å². The summed E-state index contributed by atoms with van der Waals surface area (Å²) < 4.78 is 0. The fourth-order valence-corrected chi connectivity index (χ4v) is 2.18. The third-order valence-corrected chi connectivity index (χ3v) is 3.83. The predicted molar refractivity (Wildman–Crippen MR) is 149 cm³/mol. The molecule has 212 valence electrons. The molecule has 1 fully saturated rings. The number of nitrogens with one attached hydrogen (secondary N) is 4.